The monoisotopic (exact) mass is 348 g/mol. The molecule has 130 valence electrons. The molecule has 6 heteroatoms. The van der Waals surface area contributed by atoms with Crippen LogP contribution in [0.15, 0.2) is 33.7 Å². The summed E-state index contributed by atoms with van der Waals surface area (Å²) in [7, 11) is -3.54. The van der Waals surface area contributed by atoms with Gasteiger partial charge in [-0.25, -0.2) is 8.42 Å². The maximum absolute atomic E-state index is 13.1. The van der Waals surface area contributed by atoms with E-state index in [4.69, 9.17) is 4.52 Å². The Morgan fingerprint density at radius 2 is 1.96 bits per heavy atom. The average molecular weight is 348 g/mol. The van der Waals surface area contributed by atoms with E-state index in [9.17, 15) is 8.42 Å². The highest BCUT2D eigenvalue weighted by atomic mass is 32.2. The van der Waals surface area contributed by atoms with E-state index in [1.165, 1.54) is 0 Å². The van der Waals surface area contributed by atoms with Crippen LogP contribution in [0.5, 0.6) is 0 Å². The summed E-state index contributed by atoms with van der Waals surface area (Å²) in [6, 6.07) is 6.92. The summed E-state index contributed by atoms with van der Waals surface area (Å²) in [5.74, 6) is 0.900. The smallest absolute Gasteiger partial charge is 0.243 e. The summed E-state index contributed by atoms with van der Waals surface area (Å²) in [6.45, 7) is 8.50. The van der Waals surface area contributed by atoms with Gasteiger partial charge in [-0.05, 0) is 55.9 Å². The lowest BCUT2D eigenvalue weighted by Crippen LogP contribution is -2.30. The molecule has 1 aliphatic rings. The van der Waals surface area contributed by atoms with Crippen LogP contribution >= 0.6 is 0 Å². The van der Waals surface area contributed by atoms with E-state index in [0.29, 0.717) is 17.2 Å². The summed E-state index contributed by atoms with van der Waals surface area (Å²) >= 11 is 0. The van der Waals surface area contributed by atoms with Crippen molar-refractivity contribution in [2.75, 3.05) is 6.54 Å². The Hall–Kier alpha value is -1.66. The molecule has 0 spiro atoms. The van der Waals surface area contributed by atoms with Gasteiger partial charge in [0, 0.05) is 12.6 Å². The molecule has 1 aromatic heterocycles. The number of aryl methyl sites for hydroxylation is 2. The van der Waals surface area contributed by atoms with Crippen LogP contribution in [0.1, 0.15) is 61.2 Å². The molecular weight excluding hydrogens is 324 g/mol. The number of hydrogen-bond acceptors (Lipinski definition) is 4. The molecule has 1 saturated heterocycles. The van der Waals surface area contributed by atoms with E-state index in [0.717, 1.165) is 29.7 Å². The van der Waals surface area contributed by atoms with Gasteiger partial charge in [-0.15, -0.1) is 0 Å². The quantitative estimate of drug-likeness (QED) is 0.839. The minimum atomic E-state index is -3.54. The molecule has 2 aromatic rings. The van der Waals surface area contributed by atoms with E-state index < -0.39 is 10.0 Å². The van der Waals surface area contributed by atoms with E-state index in [2.05, 4.69) is 5.16 Å². The van der Waals surface area contributed by atoms with Crippen LogP contribution in [-0.2, 0) is 10.0 Å². The Kier molecular flexibility index (Phi) is 4.53. The van der Waals surface area contributed by atoms with Crippen molar-refractivity contribution in [2.45, 2.75) is 57.4 Å². The molecule has 5 nitrogen and oxygen atoms in total. The van der Waals surface area contributed by atoms with E-state index >= 15 is 0 Å². The van der Waals surface area contributed by atoms with Gasteiger partial charge in [-0.2, -0.15) is 4.31 Å². The fraction of sp³-hybridized carbons (Fsp3) is 0.500. The molecule has 0 N–H and O–H groups in total. The first-order valence-electron chi connectivity index (χ1n) is 8.36. The number of nitrogens with zero attached hydrogens (tertiary/aromatic N) is 2. The molecular formula is C18H24N2O3S. The van der Waals surface area contributed by atoms with Gasteiger partial charge in [-0.1, -0.05) is 25.1 Å². The number of rotatable bonds is 4. The molecule has 0 amide bonds. The molecule has 2 heterocycles. The molecule has 0 radical (unpaired) electrons. The third kappa shape index (κ3) is 3.00. The number of hydrogen-bond donors (Lipinski definition) is 0. The van der Waals surface area contributed by atoms with Crippen LogP contribution in [0.4, 0.5) is 0 Å². The van der Waals surface area contributed by atoms with Crippen molar-refractivity contribution in [1.29, 1.82) is 0 Å². The van der Waals surface area contributed by atoms with Crippen molar-refractivity contribution >= 4 is 10.0 Å². The maximum Gasteiger partial charge on any atom is 0.243 e. The second-order valence-electron chi connectivity index (χ2n) is 6.83. The van der Waals surface area contributed by atoms with Crippen molar-refractivity contribution in [3.8, 4) is 0 Å². The van der Waals surface area contributed by atoms with Gasteiger partial charge >= 0.3 is 0 Å². The molecule has 1 aromatic carbocycles. The van der Waals surface area contributed by atoms with Crippen LogP contribution in [0, 0.1) is 13.8 Å². The first-order chi connectivity index (χ1) is 11.3. The molecule has 24 heavy (non-hydrogen) atoms. The molecule has 1 atom stereocenters. The second-order valence-corrected chi connectivity index (χ2v) is 8.72. The highest BCUT2D eigenvalue weighted by molar-refractivity contribution is 7.89. The van der Waals surface area contributed by atoms with Gasteiger partial charge in [0.1, 0.15) is 0 Å². The lowest BCUT2D eigenvalue weighted by atomic mass is 10.1. The Morgan fingerprint density at radius 1 is 1.21 bits per heavy atom. The highest BCUT2D eigenvalue weighted by Gasteiger charge is 2.38. The molecule has 1 fully saturated rings. The normalized spacial score (nSPS) is 19.3. The van der Waals surface area contributed by atoms with E-state index in [1.54, 1.807) is 16.4 Å². The van der Waals surface area contributed by atoms with Crippen molar-refractivity contribution in [2.24, 2.45) is 0 Å². The number of aromatic nitrogens is 1. The van der Waals surface area contributed by atoms with Gasteiger partial charge < -0.3 is 4.52 Å². The lowest BCUT2D eigenvalue weighted by molar-refractivity contribution is 0.295. The van der Waals surface area contributed by atoms with Crippen LogP contribution in [0.3, 0.4) is 0 Å². The third-order valence-electron chi connectivity index (χ3n) is 4.76. The fourth-order valence-electron chi connectivity index (χ4n) is 3.05. The van der Waals surface area contributed by atoms with Gasteiger partial charge in [0.05, 0.1) is 16.6 Å². The first-order valence-corrected chi connectivity index (χ1v) is 9.80. The zero-order chi connectivity index (χ0) is 17.5. The Morgan fingerprint density at radius 3 is 2.58 bits per heavy atom. The molecule has 0 saturated carbocycles. The summed E-state index contributed by atoms with van der Waals surface area (Å²) < 4.78 is 33.2. The SMILES string of the molecule is Cc1ccc(S(=O)(=O)N2CCC[C@@H]2c2cc(C(C)C)no2)cc1C. The van der Waals surface area contributed by atoms with Gasteiger partial charge in [0.2, 0.25) is 10.0 Å². The lowest BCUT2D eigenvalue weighted by Gasteiger charge is -2.22. The summed E-state index contributed by atoms with van der Waals surface area (Å²) in [6.07, 6.45) is 1.59. The maximum atomic E-state index is 13.1. The fourth-order valence-corrected chi connectivity index (χ4v) is 4.81. The van der Waals surface area contributed by atoms with Crippen molar-refractivity contribution in [1.82, 2.24) is 9.46 Å². The average Bonchev–Trinajstić information content (AvgIpc) is 3.17. The van der Waals surface area contributed by atoms with Crippen LogP contribution in [0.2, 0.25) is 0 Å². The van der Waals surface area contributed by atoms with Crippen LogP contribution in [-0.4, -0.2) is 24.4 Å². The minimum absolute atomic E-state index is 0.258. The first kappa shape index (κ1) is 17.2. The number of benzene rings is 1. The summed E-state index contributed by atoms with van der Waals surface area (Å²) in [5, 5.41) is 4.08. The molecule has 0 unspecified atom stereocenters. The molecule has 0 aliphatic carbocycles. The molecule has 3 rings (SSSR count). The van der Waals surface area contributed by atoms with Crippen molar-refractivity contribution in [3.63, 3.8) is 0 Å². The van der Waals surface area contributed by atoms with E-state index in [1.807, 2.05) is 39.8 Å². The minimum Gasteiger partial charge on any atom is -0.359 e. The zero-order valence-corrected chi connectivity index (χ0v) is 15.4. The third-order valence-corrected chi connectivity index (χ3v) is 6.66. The van der Waals surface area contributed by atoms with Gasteiger partial charge in [0.15, 0.2) is 5.76 Å². The predicted molar refractivity (Wildman–Crippen MR) is 92.4 cm³/mol. The second kappa shape index (κ2) is 6.33. The molecule has 1 aliphatic heterocycles. The summed E-state index contributed by atoms with van der Waals surface area (Å²) in [5.41, 5.74) is 2.93. The predicted octanol–water partition coefficient (Wildman–Crippen LogP) is 3.94. The molecule has 0 bridgehead atoms. The highest BCUT2D eigenvalue weighted by Crippen LogP contribution is 2.37. The van der Waals surface area contributed by atoms with Gasteiger partial charge in [-0.3, -0.25) is 0 Å². The van der Waals surface area contributed by atoms with Crippen molar-refractivity contribution < 1.29 is 12.9 Å². The van der Waals surface area contributed by atoms with Crippen LogP contribution < -0.4 is 0 Å². The van der Waals surface area contributed by atoms with Gasteiger partial charge in [0.25, 0.3) is 0 Å². The van der Waals surface area contributed by atoms with E-state index in [-0.39, 0.29) is 12.0 Å². The zero-order valence-electron chi connectivity index (χ0n) is 14.6. The standard InChI is InChI=1S/C18H24N2O3S/c1-12(2)16-11-18(23-19-16)17-6-5-9-20(17)24(21,22)15-8-7-13(3)14(4)10-15/h7-8,10-12,17H,5-6,9H2,1-4H3/t17-/m1/s1. The summed E-state index contributed by atoms with van der Waals surface area (Å²) in [4.78, 5) is 0.348. The Bertz CT molecular complexity index is 840. The number of sulfonamides is 1. The van der Waals surface area contributed by atoms with Crippen molar-refractivity contribution in [3.05, 3.63) is 46.8 Å². The largest absolute Gasteiger partial charge is 0.359 e. The Balaban J connectivity index is 1.95. The topological polar surface area (TPSA) is 63.4 Å². The Labute approximate surface area is 143 Å². The van der Waals surface area contributed by atoms with Crippen LogP contribution in [0.25, 0.3) is 0 Å².